The van der Waals surface area contributed by atoms with E-state index in [1.807, 2.05) is 24.9 Å². The summed E-state index contributed by atoms with van der Waals surface area (Å²) in [5.41, 5.74) is 8.06. The van der Waals surface area contributed by atoms with Gasteiger partial charge in [0.25, 0.3) is 0 Å². The number of nitrogens with two attached hydrogens (primary N) is 1. The third-order valence-corrected chi connectivity index (χ3v) is 4.15. The van der Waals surface area contributed by atoms with Gasteiger partial charge in [-0.15, -0.1) is 0 Å². The van der Waals surface area contributed by atoms with E-state index in [1.54, 1.807) is 0 Å². The number of carbonyl (C=O) groups excluding carboxylic acids is 1. The second-order valence-electron chi connectivity index (χ2n) is 5.84. The van der Waals surface area contributed by atoms with Crippen molar-refractivity contribution in [3.05, 3.63) is 35.4 Å². The van der Waals surface area contributed by atoms with E-state index < -0.39 is 5.54 Å². The molecule has 2 unspecified atom stereocenters. The maximum Gasteiger partial charge on any atom is 0.242 e. The van der Waals surface area contributed by atoms with Crippen LogP contribution in [-0.4, -0.2) is 23.4 Å². The van der Waals surface area contributed by atoms with Crippen LogP contribution in [0, 0.1) is 0 Å². The third-order valence-electron chi connectivity index (χ3n) is 4.15. The highest BCUT2D eigenvalue weighted by Crippen LogP contribution is 2.35. The molecule has 3 nitrogen and oxygen atoms in total. The van der Waals surface area contributed by atoms with Crippen LogP contribution in [0.2, 0.25) is 0 Å². The highest BCUT2D eigenvalue weighted by molar-refractivity contribution is 5.86. The van der Waals surface area contributed by atoms with Crippen LogP contribution < -0.4 is 5.73 Å². The molecule has 0 spiro atoms. The van der Waals surface area contributed by atoms with Crippen molar-refractivity contribution in [2.45, 2.75) is 51.1 Å². The summed E-state index contributed by atoms with van der Waals surface area (Å²) >= 11 is 0. The van der Waals surface area contributed by atoms with E-state index in [2.05, 4.69) is 25.1 Å². The first-order valence-electron chi connectivity index (χ1n) is 7.11. The molecule has 1 aromatic rings. The quantitative estimate of drug-likeness (QED) is 0.904. The van der Waals surface area contributed by atoms with Gasteiger partial charge in [0, 0.05) is 7.05 Å². The van der Waals surface area contributed by atoms with E-state index in [0.717, 1.165) is 25.7 Å². The Hall–Kier alpha value is -1.35. The number of carbonyl (C=O) groups is 1. The zero-order chi connectivity index (χ0) is 14.0. The Morgan fingerprint density at radius 2 is 2.16 bits per heavy atom. The lowest BCUT2D eigenvalue weighted by Gasteiger charge is -2.33. The number of rotatable bonds is 4. The molecule has 2 rings (SSSR count). The summed E-state index contributed by atoms with van der Waals surface area (Å²) in [6.45, 7) is 3.90. The summed E-state index contributed by atoms with van der Waals surface area (Å²) in [7, 11) is 1.88. The Bertz CT molecular complexity index is 468. The molecule has 2 N–H and O–H groups in total. The highest BCUT2D eigenvalue weighted by atomic mass is 16.2. The van der Waals surface area contributed by atoms with Crippen LogP contribution in [0.15, 0.2) is 24.3 Å². The van der Waals surface area contributed by atoms with Gasteiger partial charge in [0.2, 0.25) is 5.91 Å². The average Bonchev–Trinajstić information content (AvgIpc) is 2.80. The zero-order valence-electron chi connectivity index (χ0n) is 12.1. The van der Waals surface area contributed by atoms with Gasteiger partial charge in [0.1, 0.15) is 0 Å². The van der Waals surface area contributed by atoms with Gasteiger partial charge in [-0.25, -0.2) is 0 Å². The first-order chi connectivity index (χ1) is 8.97. The Balaban J connectivity index is 2.18. The molecule has 3 heteroatoms. The van der Waals surface area contributed by atoms with Gasteiger partial charge in [-0.05, 0) is 37.3 Å². The molecule has 0 saturated carbocycles. The fraction of sp³-hybridized carbons (Fsp3) is 0.562. The molecule has 1 amide bonds. The van der Waals surface area contributed by atoms with Crippen molar-refractivity contribution in [3.63, 3.8) is 0 Å². The fourth-order valence-electron chi connectivity index (χ4n) is 3.11. The number of likely N-dealkylation sites (N-methyl/N-ethyl adjacent to an activating group) is 1. The molecule has 0 bridgehead atoms. The van der Waals surface area contributed by atoms with Crippen molar-refractivity contribution >= 4 is 5.91 Å². The van der Waals surface area contributed by atoms with Crippen molar-refractivity contribution in [2.75, 3.05) is 7.05 Å². The van der Waals surface area contributed by atoms with Crippen molar-refractivity contribution in [1.29, 1.82) is 0 Å². The largest absolute Gasteiger partial charge is 0.337 e. The van der Waals surface area contributed by atoms with E-state index in [9.17, 15) is 4.79 Å². The molecule has 0 aromatic heterocycles. The van der Waals surface area contributed by atoms with Gasteiger partial charge >= 0.3 is 0 Å². The Morgan fingerprint density at radius 3 is 2.84 bits per heavy atom. The smallest absolute Gasteiger partial charge is 0.242 e. The van der Waals surface area contributed by atoms with Gasteiger partial charge in [-0.1, -0.05) is 37.6 Å². The van der Waals surface area contributed by atoms with E-state index in [1.165, 1.54) is 11.1 Å². The number of fused-ring (bicyclic) bond motifs is 1. The molecule has 0 saturated heterocycles. The predicted molar refractivity (Wildman–Crippen MR) is 77.8 cm³/mol. The minimum Gasteiger partial charge on any atom is -0.337 e. The lowest BCUT2D eigenvalue weighted by molar-refractivity contribution is -0.137. The second kappa shape index (κ2) is 5.33. The van der Waals surface area contributed by atoms with E-state index in [-0.39, 0.29) is 11.9 Å². The monoisotopic (exact) mass is 260 g/mol. The van der Waals surface area contributed by atoms with Crippen LogP contribution in [0.4, 0.5) is 0 Å². The number of hydrogen-bond acceptors (Lipinski definition) is 2. The summed E-state index contributed by atoms with van der Waals surface area (Å²) in [6, 6.07) is 8.57. The molecule has 0 radical (unpaired) electrons. The summed E-state index contributed by atoms with van der Waals surface area (Å²) in [5, 5.41) is 0. The average molecular weight is 260 g/mol. The van der Waals surface area contributed by atoms with Gasteiger partial charge in [-0.3, -0.25) is 4.79 Å². The predicted octanol–water partition coefficient (Wildman–Crippen LogP) is 2.65. The topological polar surface area (TPSA) is 46.3 Å². The van der Waals surface area contributed by atoms with E-state index >= 15 is 0 Å². The maximum absolute atomic E-state index is 12.6. The molecule has 0 aliphatic heterocycles. The first kappa shape index (κ1) is 14.1. The molecule has 2 atom stereocenters. The SMILES string of the molecule is CCCC(C)(N)C(=O)N(C)C1CCc2ccccc21. The minimum atomic E-state index is -0.749. The van der Waals surface area contributed by atoms with Crippen LogP contribution in [-0.2, 0) is 11.2 Å². The number of benzene rings is 1. The lowest BCUT2D eigenvalue weighted by atomic mass is 9.94. The first-order valence-corrected chi connectivity index (χ1v) is 7.11. The Kier molecular flexibility index (Phi) is 3.95. The van der Waals surface area contributed by atoms with Gasteiger partial charge < -0.3 is 10.6 Å². The Morgan fingerprint density at radius 1 is 1.47 bits per heavy atom. The van der Waals surface area contributed by atoms with Crippen LogP contribution in [0.3, 0.4) is 0 Å². The summed E-state index contributed by atoms with van der Waals surface area (Å²) in [6.07, 6.45) is 3.70. The molecule has 19 heavy (non-hydrogen) atoms. The van der Waals surface area contributed by atoms with Gasteiger partial charge in [0.15, 0.2) is 0 Å². The van der Waals surface area contributed by atoms with Gasteiger partial charge in [-0.2, -0.15) is 0 Å². The van der Waals surface area contributed by atoms with Crippen LogP contribution in [0.1, 0.15) is 50.3 Å². The van der Waals surface area contributed by atoms with Crippen molar-refractivity contribution in [2.24, 2.45) is 5.73 Å². The number of hydrogen-bond donors (Lipinski definition) is 1. The summed E-state index contributed by atoms with van der Waals surface area (Å²) < 4.78 is 0. The fourth-order valence-corrected chi connectivity index (χ4v) is 3.11. The molecule has 0 heterocycles. The highest BCUT2D eigenvalue weighted by Gasteiger charge is 2.35. The van der Waals surface area contributed by atoms with Crippen molar-refractivity contribution in [3.8, 4) is 0 Å². The van der Waals surface area contributed by atoms with Crippen molar-refractivity contribution in [1.82, 2.24) is 4.90 Å². The number of aryl methyl sites for hydroxylation is 1. The third kappa shape index (κ3) is 2.66. The second-order valence-corrected chi connectivity index (χ2v) is 5.84. The standard InChI is InChI=1S/C16H24N2O/c1-4-11-16(2,17)15(19)18(3)14-10-9-12-7-5-6-8-13(12)14/h5-8,14H,4,9-11,17H2,1-3H3. The molecule has 1 aliphatic rings. The van der Waals surface area contributed by atoms with Crippen LogP contribution in [0.5, 0.6) is 0 Å². The van der Waals surface area contributed by atoms with E-state index in [4.69, 9.17) is 5.73 Å². The molecule has 1 aromatic carbocycles. The lowest BCUT2D eigenvalue weighted by Crippen LogP contribution is -2.52. The Labute approximate surface area is 115 Å². The number of nitrogens with zero attached hydrogens (tertiary/aromatic N) is 1. The number of amides is 1. The summed E-state index contributed by atoms with van der Waals surface area (Å²) in [4.78, 5) is 14.4. The van der Waals surface area contributed by atoms with Crippen LogP contribution >= 0.6 is 0 Å². The summed E-state index contributed by atoms with van der Waals surface area (Å²) in [5.74, 6) is 0.0519. The molecular weight excluding hydrogens is 236 g/mol. The normalized spacial score (nSPS) is 20.7. The molecule has 104 valence electrons. The van der Waals surface area contributed by atoms with Crippen molar-refractivity contribution < 1.29 is 4.79 Å². The molecule has 1 aliphatic carbocycles. The maximum atomic E-state index is 12.6. The zero-order valence-corrected chi connectivity index (χ0v) is 12.1. The van der Waals surface area contributed by atoms with Gasteiger partial charge in [0.05, 0.1) is 11.6 Å². The van der Waals surface area contributed by atoms with Crippen LogP contribution in [0.25, 0.3) is 0 Å². The molecular formula is C16H24N2O. The van der Waals surface area contributed by atoms with E-state index in [0.29, 0.717) is 0 Å². The minimum absolute atomic E-state index is 0.0519. The molecule has 0 fully saturated rings.